The predicted molar refractivity (Wildman–Crippen MR) is 33.8 cm³/mol. The van der Waals surface area contributed by atoms with Gasteiger partial charge in [0.15, 0.2) is 0 Å². The van der Waals surface area contributed by atoms with E-state index in [0.717, 1.165) is 0 Å². The van der Waals surface area contributed by atoms with E-state index in [2.05, 4.69) is 6.42 Å². The maximum Gasteiger partial charge on any atom is 0 e. The average molecular weight is 295 g/mol. The molecule has 0 aliphatic heterocycles. The summed E-state index contributed by atoms with van der Waals surface area (Å²) in [5, 5.41) is 0. The van der Waals surface area contributed by atoms with Gasteiger partial charge in [-0.2, -0.15) is 12.8 Å². The molecule has 1 heteroatoms. The standard InChI is InChI=1S/C6H11.CH3.Au/c1-2-4-6-5-3-1;;/h1H,2-6H2;1H3;/q2*-1;. The molecule has 0 amide bonds. The molecule has 0 nitrogen and oxygen atoms in total. The summed E-state index contributed by atoms with van der Waals surface area (Å²) in [6.07, 6.45) is 9.50. The maximum absolute atomic E-state index is 2.39. The van der Waals surface area contributed by atoms with Crippen LogP contribution in [0, 0.1) is 13.8 Å². The minimum atomic E-state index is 0. The first-order valence-electron chi connectivity index (χ1n) is 2.82. The number of hydrogen-bond donors (Lipinski definition) is 0. The average Bonchev–Trinajstić information content (AvgIpc) is 1.72. The number of rotatable bonds is 0. The van der Waals surface area contributed by atoms with Gasteiger partial charge >= 0.3 is 0 Å². The van der Waals surface area contributed by atoms with Crippen LogP contribution in [0.25, 0.3) is 0 Å². The minimum Gasteiger partial charge on any atom is -0.358 e. The van der Waals surface area contributed by atoms with Crippen LogP contribution < -0.4 is 0 Å². The van der Waals surface area contributed by atoms with Gasteiger partial charge in [-0.1, -0.05) is 19.3 Å². The van der Waals surface area contributed by atoms with Crippen molar-refractivity contribution < 1.29 is 22.4 Å². The van der Waals surface area contributed by atoms with Crippen molar-refractivity contribution in [2.75, 3.05) is 0 Å². The summed E-state index contributed by atoms with van der Waals surface area (Å²) in [5.41, 5.74) is 0. The molecule has 8 heavy (non-hydrogen) atoms. The number of hydrogen-bond acceptors (Lipinski definition) is 0. The summed E-state index contributed by atoms with van der Waals surface area (Å²) in [4.78, 5) is 0. The molecule has 0 atom stereocenters. The van der Waals surface area contributed by atoms with Gasteiger partial charge in [0, 0.05) is 22.4 Å². The van der Waals surface area contributed by atoms with Gasteiger partial charge in [-0.05, 0) is 0 Å². The van der Waals surface area contributed by atoms with Crippen LogP contribution in [0.5, 0.6) is 0 Å². The van der Waals surface area contributed by atoms with Crippen molar-refractivity contribution in [3.8, 4) is 0 Å². The van der Waals surface area contributed by atoms with E-state index in [9.17, 15) is 0 Å². The van der Waals surface area contributed by atoms with Crippen molar-refractivity contribution in [2.45, 2.75) is 32.1 Å². The van der Waals surface area contributed by atoms with E-state index in [4.69, 9.17) is 0 Å². The van der Waals surface area contributed by atoms with Gasteiger partial charge in [-0.15, -0.1) is 0 Å². The Kier molecular flexibility index (Phi) is 11.2. The summed E-state index contributed by atoms with van der Waals surface area (Å²) >= 11 is 0. The largest absolute Gasteiger partial charge is 0.358 e. The van der Waals surface area contributed by atoms with Crippen LogP contribution >= 0.6 is 0 Å². The van der Waals surface area contributed by atoms with E-state index < -0.39 is 0 Å². The molecular formula is C7H14Au-2. The van der Waals surface area contributed by atoms with Crippen molar-refractivity contribution in [2.24, 2.45) is 0 Å². The molecule has 1 saturated carbocycles. The van der Waals surface area contributed by atoms with Gasteiger partial charge in [0.25, 0.3) is 0 Å². The molecule has 0 aromatic carbocycles. The Morgan fingerprint density at radius 1 is 0.875 bits per heavy atom. The maximum atomic E-state index is 2.39. The van der Waals surface area contributed by atoms with Crippen LogP contribution in [0.1, 0.15) is 32.1 Å². The summed E-state index contributed by atoms with van der Waals surface area (Å²) in [5.74, 6) is 0. The zero-order chi connectivity index (χ0) is 4.24. The van der Waals surface area contributed by atoms with Gasteiger partial charge in [0.2, 0.25) is 0 Å². The third-order valence-corrected chi connectivity index (χ3v) is 1.32. The topological polar surface area (TPSA) is 0 Å². The van der Waals surface area contributed by atoms with Crippen molar-refractivity contribution >= 4 is 0 Å². The van der Waals surface area contributed by atoms with E-state index in [-0.39, 0.29) is 29.8 Å². The first kappa shape index (κ1) is 11.5. The zero-order valence-corrected chi connectivity index (χ0v) is 7.58. The Morgan fingerprint density at radius 2 is 1.38 bits per heavy atom. The molecule has 1 aliphatic rings. The Bertz CT molecular complexity index is 19.9. The van der Waals surface area contributed by atoms with Crippen molar-refractivity contribution in [3.05, 3.63) is 13.8 Å². The first-order valence-corrected chi connectivity index (χ1v) is 2.82. The summed E-state index contributed by atoms with van der Waals surface area (Å²) in [7, 11) is 0. The molecule has 55 valence electrons. The SMILES string of the molecule is [Au].[CH-]1CCCCC1.[CH3-]. The monoisotopic (exact) mass is 295 g/mol. The normalized spacial score (nSPS) is 18.0. The van der Waals surface area contributed by atoms with Gasteiger partial charge in [-0.25, -0.2) is 0 Å². The van der Waals surface area contributed by atoms with Crippen molar-refractivity contribution in [1.82, 2.24) is 0 Å². The van der Waals surface area contributed by atoms with E-state index in [1.165, 1.54) is 32.1 Å². The fraction of sp³-hybridized carbons (Fsp3) is 0.714. The van der Waals surface area contributed by atoms with Gasteiger partial charge in [0.1, 0.15) is 0 Å². The molecule has 1 rings (SSSR count). The molecule has 0 heterocycles. The van der Waals surface area contributed by atoms with Crippen LogP contribution in [0.2, 0.25) is 0 Å². The molecule has 0 saturated heterocycles. The smallest absolute Gasteiger partial charge is 0 e. The van der Waals surface area contributed by atoms with Crippen molar-refractivity contribution in [1.29, 1.82) is 0 Å². The fourth-order valence-corrected chi connectivity index (χ4v) is 0.898. The van der Waals surface area contributed by atoms with Gasteiger partial charge in [-0.3, -0.25) is 0 Å². The fourth-order valence-electron chi connectivity index (χ4n) is 0.898. The van der Waals surface area contributed by atoms with E-state index in [1.54, 1.807) is 0 Å². The second-order valence-electron chi connectivity index (χ2n) is 1.93. The third kappa shape index (κ3) is 4.89. The molecule has 1 radical (unpaired) electrons. The molecule has 0 aromatic heterocycles. The van der Waals surface area contributed by atoms with Crippen molar-refractivity contribution in [3.63, 3.8) is 0 Å². The van der Waals surface area contributed by atoms with Crippen LogP contribution in [0.15, 0.2) is 0 Å². The predicted octanol–water partition coefficient (Wildman–Crippen LogP) is 2.60. The van der Waals surface area contributed by atoms with E-state index >= 15 is 0 Å². The zero-order valence-electron chi connectivity index (χ0n) is 5.41. The summed E-state index contributed by atoms with van der Waals surface area (Å²) < 4.78 is 0. The second kappa shape index (κ2) is 7.74. The minimum absolute atomic E-state index is 0. The van der Waals surface area contributed by atoms with Gasteiger partial charge < -0.3 is 13.8 Å². The molecule has 1 fully saturated rings. The third-order valence-electron chi connectivity index (χ3n) is 1.32. The Balaban J connectivity index is 0. The summed E-state index contributed by atoms with van der Waals surface area (Å²) in [6.45, 7) is 0. The van der Waals surface area contributed by atoms with E-state index in [0.29, 0.717) is 0 Å². The van der Waals surface area contributed by atoms with Gasteiger partial charge in [0.05, 0.1) is 0 Å². The van der Waals surface area contributed by atoms with Crippen LogP contribution in [-0.2, 0) is 22.4 Å². The van der Waals surface area contributed by atoms with Crippen LogP contribution in [-0.4, -0.2) is 0 Å². The molecule has 0 unspecified atom stereocenters. The molecular weight excluding hydrogens is 281 g/mol. The second-order valence-corrected chi connectivity index (χ2v) is 1.93. The quantitative estimate of drug-likeness (QED) is 0.476. The first-order chi connectivity index (χ1) is 3.00. The molecule has 0 bridgehead atoms. The Hall–Kier alpha value is 0.740. The van der Waals surface area contributed by atoms with E-state index in [1.807, 2.05) is 0 Å². The van der Waals surface area contributed by atoms with Crippen LogP contribution in [0.4, 0.5) is 0 Å². The molecule has 0 aromatic rings. The molecule has 1 aliphatic carbocycles. The Morgan fingerprint density at radius 3 is 1.50 bits per heavy atom. The molecule has 0 N–H and O–H groups in total. The van der Waals surface area contributed by atoms with Crippen LogP contribution in [0.3, 0.4) is 0 Å². The summed E-state index contributed by atoms with van der Waals surface area (Å²) in [6, 6.07) is 0. The molecule has 0 spiro atoms. The Labute approximate surface area is 68.6 Å².